The van der Waals surface area contributed by atoms with Gasteiger partial charge in [0, 0.05) is 19.4 Å². The van der Waals surface area contributed by atoms with E-state index in [4.69, 9.17) is 5.73 Å². The Labute approximate surface area is 275 Å². The summed E-state index contributed by atoms with van der Waals surface area (Å²) in [6.45, 7) is 6.00. The summed E-state index contributed by atoms with van der Waals surface area (Å²) in [6.07, 6.45) is 31.8. The van der Waals surface area contributed by atoms with Crippen molar-refractivity contribution in [3.63, 3.8) is 0 Å². The lowest BCUT2D eigenvalue weighted by Crippen LogP contribution is -2.64. The average molecular weight is 626 g/mol. The molecule has 256 valence electrons. The van der Waals surface area contributed by atoms with Crippen LogP contribution in [0.25, 0.3) is 0 Å². The summed E-state index contributed by atoms with van der Waals surface area (Å²) in [5.41, 5.74) is 5.79. The van der Waals surface area contributed by atoms with Gasteiger partial charge in [0.15, 0.2) is 0 Å². The Bertz CT molecular complexity index is 963. The highest BCUT2D eigenvalue weighted by atomic mass is 16.2. The number of hydrogen-bond donors (Lipinski definition) is 1. The molecule has 0 aromatic rings. The van der Waals surface area contributed by atoms with Gasteiger partial charge in [-0.25, -0.2) is 4.79 Å². The van der Waals surface area contributed by atoms with E-state index in [1.807, 2.05) is 0 Å². The van der Waals surface area contributed by atoms with E-state index in [0.717, 1.165) is 51.4 Å². The van der Waals surface area contributed by atoms with E-state index in [0.29, 0.717) is 43.6 Å². The fourth-order valence-corrected chi connectivity index (χ4v) is 10.1. The van der Waals surface area contributed by atoms with Crippen LogP contribution in [0, 0.1) is 23.2 Å². The van der Waals surface area contributed by atoms with E-state index in [1.54, 1.807) is 9.80 Å². The Morgan fingerprint density at radius 2 is 1.49 bits per heavy atom. The van der Waals surface area contributed by atoms with E-state index in [9.17, 15) is 14.4 Å². The molecule has 45 heavy (non-hydrogen) atoms. The third kappa shape index (κ3) is 10.7. The van der Waals surface area contributed by atoms with Crippen LogP contribution < -0.4 is 5.73 Å². The maximum Gasteiger partial charge on any atom is 0.327 e. The Hall–Kier alpha value is -1.69. The van der Waals surface area contributed by atoms with Gasteiger partial charge >= 0.3 is 6.03 Å². The second-order valence-corrected chi connectivity index (χ2v) is 16.1. The first-order chi connectivity index (χ1) is 21.8. The van der Waals surface area contributed by atoms with Gasteiger partial charge in [-0.05, 0) is 113 Å². The maximum atomic E-state index is 13.8. The van der Waals surface area contributed by atoms with Crippen molar-refractivity contribution >= 4 is 17.7 Å². The molecule has 5 fully saturated rings. The Morgan fingerprint density at radius 3 is 2.11 bits per heavy atom. The molecule has 2 N–H and O–H groups in total. The van der Waals surface area contributed by atoms with E-state index < -0.39 is 0 Å². The Morgan fingerprint density at radius 1 is 0.867 bits per heavy atom. The zero-order valence-corrected chi connectivity index (χ0v) is 29.2. The number of imide groups is 1. The SMILES string of the molecule is CCCCCCCC/C=C/CCCCCCCC(=O)CC(CCCCN)CN1CC(=O)N(C23CC4C[C@@H](CC(C)(C4)C2)C3)C1=O. The van der Waals surface area contributed by atoms with Crippen LogP contribution in [-0.4, -0.2) is 52.7 Å². The molecule has 5 rings (SSSR count). The molecule has 6 heteroatoms. The van der Waals surface area contributed by atoms with Gasteiger partial charge in [-0.2, -0.15) is 0 Å². The van der Waals surface area contributed by atoms with Crippen LogP contribution in [-0.2, 0) is 9.59 Å². The number of hydrogen-bond acceptors (Lipinski definition) is 4. The van der Waals surface area contributed by atoms with Gasteiger partial charge in [0.25, 0.3) is 5.91 Å². The molecule has 0 radical (unpaired) electrons. The number of ketones is 1. The molecule has 4 bridgehead atoms. The van der Waals surface area contributed by atoms with Crippen molar-refractivity contribution in [3.8, 4) is 0 Å². The lowest BCUT2D eigenvalue weighted by atomic mass is 9.47. The first kappa shape index (κ1) is 36.2. The van der Waals surface area contributed by atoms with E-state index in [1.165, 1.54) is 89.9 Å². The highest BCUT2D eigenvalue weighted by Crippen LogP contribution is 2.63. The van der Waals surface area contributed by atoms with Gasteiger partial charge in [-0.15, -0.1) is 0 Å². The Balaban J connectivity index is 1.14. The molecular weight excluding hydrogens is 558 g/mol. The van der Waals surface area contributed by atoms with Gasteiger partial charge < -0.3 is 10.6 Å². The van der Waals surface area contributed by atoms with Crippen molar-refractivity contribution in [3.05, 3.63) is 12.2 Å². The van der Waals surface area contributed by atoms with Crippen LogP contribution >= 0.6 is 0 Å². The number of allylic oxidation sites excluding steroid dienone is 2. The largest absolute Gasteiger partial charge is 0.330 e. The predicted molar refractivity (Wildman–Crippen MR) is 185 cm³/mol. The topological polar surface area (TPSA) is 83.7 Å². The lowest BCUT2D eigenvalue weighted by molar-refractivity contribution is -0.146. The zero-order chi connectivity index (χ0) is 32.1. The summed E-state index contributed by atoms with van der Waals surface area (Å²) in [5, 5.41) is 0. The van der Waals surface area contributed by atoms with Crippen molar-refractivity contribution in [1.82, 2.24) is 9.80 Å². The third-order valence-corrected chi connectivity index (χ3v) is 11.6. The van der Waals surface area contributed by atoms with E-state index in [-0.39, 0.29) is 35.4 Å². The zero-order valence-electron chi connectivity index (χ0n) is 29.2. The molecule has 4 aliphatic carbocycles. The van der Waals surface area contributed by atoms with Crippen LogP contribution in [0.5, 0.6) is 0 Å². The van der Waals surface area contributed by atoms with Gasteiger partial charge in [-0.3, -0.25) is 14.5 Å². The van der Waals surface area contributed by atoms with Crippen molar-refractivity contribution < 1.29 is 14.4 Å². The minimum atomic E-state index is -0.267. The molecule has 6 nitrogen and oxygen atoms in total. The number of urea groups is 1. The Kier molecular flexibility index (Phi) is 14.5. The van der Waals surface area contributed by atoms with Crippen LogP contribution in [0.3, 0.4) is 0 Å². The number of carbonyl (C=O) groups is 3. The smallest absolute Gasteiger partial charge is 0.327 e. The van der Waals surface area contributed by atoms with Gasteiger partial charge in [-0.1, -0.05) is 83.8 Å². The average Bonchev–Trinajstić information content (AvgIpc) is 3.26. The normalized spacial score (nSPS) is 28.2. The monoisotopic (exact) mass is 626 g/mol. The molecule has 1 aliphatic heterocycles. The number of Topliss-reactive ketones (excluding diaryl/α,β-unsaturated/α-hetero) is 1. The van der Waals surface area contributed by atoms with Gasteiger partial charge in [0.2, 0.25) is 0 Å². The van der Waals surface area contributed by atoms with Crippen molar-refractivity contribution in [2.75, 3.05) is 19.6 Å². The minimum absolute atomic E-state index is 0.00844. The van der Waals surface area contributed by atoms with E-state index in [2.05, 4.69) is 26.0 Å². The van der Waals surface area contributed by atoms with Gasteiger partial charge in [0.1, 0.15) is 12.3 Å². The fourth-order valence-electron chi connectivity index (χ4n) is 10.1. The number of amides is 3. The van der Waals surface area contributed by atoms with Gasteiger partial charge in [0.05, 0.1) is 5.54 Å². The first-order valence-electron chi connectivity index (χ1n) is 19.3. The second-order valence-electron chi connectivity index (χ2n) is 16.1. The molecule has 3 amide bonds. The molecule has 4 unspecified atom stereocenters. The highest BCUT2D eigenvalue weighted by Gasteiger charge is 2.61. The highest BCUT2D eigenvalue weighted by molar-refractivity contribution is 6.03. The minimum Gasteiger partial charge on any atom is -0.330 e. The maximum absolute atomic E-state index is 13.8. The fraction of sp³-hybridized carbons (Fsp3) is 0.872. The number of nitrogens with zero attached hydrogens (tertiary/aromatic N) is 2. The molecule has 1 saturated heterocycles. The van der Waals surface area contributed by atoms with E-state index >= 15 is 0 Å². The molecule has 5 aliphatic rings. The van der Waals surface area contributed by atoms with Crippen LogP contribution in [0.15, 0.2) is 12.2 Å². The third-order valence-electron chi connectivity index (χ3n) is 11.6. The predicted octanol–water partition coefficient (Wildman–Crippen LogP) is 9.35. The quantitative estimate of drug-likeness (QED) is 0.0658. The number of carbonyl (C=O) groups excluding carboxylic acids is 3. The van der Waals surface area contributed by atoms with Crippen LogP contribution in [0.2, 0.25) is 0 Å². The molecular formula is C39H67N3O3. The van der Waals surface area contributed by atoms with Crippen LogP contribution in [0.1, 0.15) is 168 Å². The molecule has 5 atom stereocenters. The summed E-state index contributed by atoms with van der Waals surface area (Å²) in [4.78, 5) is 43.8. The summed E-state index contributed by atoms with van der Waals surface area (Å²) in [7, 11) is 0. The van der Waals surface area contributed by atoms with Crippen molar-refractivity contribution in [1.29, 1.82) is 0 Å². The lowest BCUT2D eigenvalue weighted by Gasteiger charge is -2.63. The summed E-state index contributed by atoms with van der Waals surface area (Å²) >= 11 is 0. The molecule has 0 aromatic carbocycles. The van der Waals surface area contributed by atoms with Crippen molar-refractivity contribution in [2.24, 2.45) is 28.9 Å². The second kappa shape index (κ2) is 18.0. The molecule has 0 aromatic heterocycles. The summed E-state index contributed by atoms with van der Waals surface area (Å²) < 4.78 is 0. The molecule has 4 saturated carbocycles. The summed E-state index contributed by atoms with van der Waals surface area (Å²) in [6, 6.07) is -0.0842. The first-order valence-corrected chi connectivity index (χ1v) is 19.3. The number of unbranched alkanes of at least 4 members (excludes halogenated alkanes) is 12. The molecule has 0 spiro atoms. The standard InChI is InChI=1S/C39H67N3O3/c1-3-4-5-6-7-8-9-10-11-12-13-14-15-16-17-21-35(43)24-32(20-18-19-22-40)29-41-30-36(44)42(37(41)45)39-27-33-23-34(28-39)26-38(2,25-33)31-39/h10-11,32-34H,3-9,12-31,40H2,1-2H3/b11-10+/t32?,33-,34?,38?,39?/m0/s1. The summed E-state index contributed by atoms with van der Waals surface area (Å²) in [5.74, 6) is 1.73. The van der Waals surface area contributed by atoms with Crippen LogP contribution in [0.4, 0.5) is 4.79 Å². The molecule has 1 heterocycles. The number of rotatable bonds is 24. The number of nitrogens with two attached hydrogens (primary N) is 1. The van der Waals surface area contributed by atoms with Crippen molar-refractivity contribution in [2.45, 2.75) is 173 Å².